The average molecular weight is 274 g/mol. The molecule has 0 spiro atoms. The topological polar surface area (TPSA) is 47.3 Å². The minimum absolute atomic E-state index is 0.155. The molecule has 0 saturated carbocycles. The molecule has 0 radical (unpaired) electrons. The Hall–Kier alpha value is -1.81. The number of aromatic nitrogens is 2. The van der Waals surface area contributed by atoms with Crippen LogP contribution in [-0.4, -0.2) is 20.8 Å². The van der Waals surface area contributed by atoms with Gasteiger partial charge < -0.3 is 14.4 Å². The molecule has 2 rings (SSSR count). The highest BCUT2D eigenvalue weighted by molar-refractivity contribution is 5.28. The largest absolute Gasteiger partial charge is 0.491 e. The smallest absolute Gasteiger partial charge is 0.119 e. The SMILES string of the molecule is Cc1ncn(CC(O)c2ccc(OC(C)C)cc2)c1C. The molecule has 1 aromatic heterocycles. The second-order valence-corrected chi connectivity index (χ2v) is 5.32. The summed E-state index contributed by atoms with van der Waals surface area (Å²) in [5, 5.41) is 10.3. The molecule has 1 unspecified atom stereocenters. The number of aryl methyl sites for hydroxylation is 1. The second-order valence-electron chi connectivity index (χ2n) is 5.32. The van der Waals surface area contributed by atoms with Crippen LogP contribution in [0.2, 0.25) is 0 Å². The third-order valence-electron chi connectivity index (χ3n) is 3.35. The minimum atomic E-state index is -0.546. The third kappa shape index (κ3) is 3.39. The van der Waals surface area contributed by atoms with Crippen LogP contribution in [0.3, 0.4) is 0 Å². The van der Waals surface area contributed by atoms with E-state index in [1.165, 1.54) is 0 Å². The van der Waals surface area contributed by atoms with Crippen molar-refractivity contribution in [3.8, 4) is 5.75 Å². The van der Waals surface area contributed by atoms with Gasteiger partial charge >= 0.3 is 0 Å². The van der Waals surface area contributed by atoms with Gasteiger partial charge in [-0.1, -0.05) is 12.1 Å². The van der Waals surface area contributed by atoms with Gasteiger partial charge in [0.2, 0.25) is 0 Å². The van der Waals surface area contributed by atoms with Crippen molar-refractivity contribution in [3.63, 3.8) is 0 Å². The first-order valence-electron chi connectivity index (χ1n) is 6.90. The van der Waals surface area contributed by atoms with Crippen LogP contribution in [0.1, 0.15) is 36.9 Å². The van der Waals surface area contributed by atoms with Crippen molar-refractivity contribution < 1.29 is 9.84 Å². The quantitative estimate of drug-likeness (QED) is 0.911. The fourth-order valence-electron chi connectivity index (χ4n) is 2.06. The van der Waals surface area contributed by atoms with Crippen LogP contribution in [0.25, 0.3) is 0 Å². The first kappa shape index (κ1) is 14.6. The van der Waals surface area contributed by atoms with Gasteiger partial charge in [-0.15, -0.1) is 0 Å². The van der Waals surface area contributed by atoms with Gasteiger partial charge in [-0.2, -0.15) is 0 Å². The lowest BCUT2D eigenvalue weighted by molar-refractivity contribution is 0.155. The molecule has 0 aliphatic carbocycles. The Labute approximate surface area is 120 Å². The van der Waals surface area contributed by atoms with E-state index in [-0.39, 0.29) is 6.10 Å². The molecule has 108 valence electrons. The molecule has 4 nitrogen and oxygen atoms in total. The van der Waals surface area contributed by atoms with Gasteiger partial charge in [0, 0.05) is 5.69 Å². The Morgan fingerprint density at radius 3 is 2.35 bits per heavy atom. The standard InChI is InChI=1S/C16H22N2O2/c1-11(2)20-15-7-5-14(6-8-15)16(19)9-18-10-17-12(3)13(18)4/h5-8,10-11,16,19H,9H2,1-4H3. The predicted octanol–water partition coefficient (Wildman–Crippen LogP) is 3.02. The number of aliphatic hydroxyl groups is 1. The number of hydrogen-bond donors (Lipinski definition) is 1. The van der Waals surface area contributed by atoms with E-state index in [0.717, 1.165) is 22.7 Å². The molecule has 1 atom stereocenters. The van der Waals surface area contributed by atoms with E-state index in [1.54, 1.807) is 6.33 Å². The zero-order valence-corrected chi connectivity index (χ0v) is 12.5. The Morgan fingerprint density at radius 1 is 1.20 bits per heavy atom. The Bertz CT molecular complexity index is 558. The molecule has 1 N–H and O–H groups in total. The Kier molecular flexibility index (Phi) is 4.45. The first-order valence-corrected chi connectivity index (χ1v) is 6.90. The van der Waals surface area contributed by atoms with Crippen LogP contribution >= 0.6 is 0 Å². The van der Waals surface area contributed by atoms with Gasteiger partial charge in [0.15, 0.2) is 0 Å². The molecule has 20 heavy (non-hydrogen) atoms. The van der Waals surface area contributed by atoms with Crippen LogP contribution in [0.15, 0.2) is 30.6 Å². The Balaban J connectivity index is 2.05. The van der Waals surface area contributed by atoms with Crippen molar-refractivity contribution in [1.82, 2.24) is 9.55 Å². The van der Waals surface area contributed by atoms with E-state index in [4.69, 9.17) is 4.74 Å². The normalized spacial score (nSPS) is 12.7. The highest BCUT2D eigenvalue weighted by Gasteiger charge is 2.11. The number of aliphatic hydroxyl groups excluding tert-OH is 1. The lowest BCUT2D eigenvalue weighted by Gasteiger charge is -2.15. The molecule has 0 aliphatic heterocycles. The maximum atomic E-state index is 10.3. The van der Waals surface area contributed by atoms with E-state index in [9.17, 15) is 5.11 Å². The van der Waals surface area contributed by atoms with Gasteiger partial charge in [0.05, 0.1) is 30.8 Å². The maximum absolute atomic E-state index is 10.3. The summed E-state index contributed by atoms with van der Waals surface area (Å²) >= 11 is 0. The van der Waals surface area contributed by atoms with Gasteiger partial charge in [-0.3, -0.25) is 0 Å². The second kappa shape index (κ2) is 6.09. The monoisotopic (exact) mass is 274 g/mol. The lowest BCUT2D eigenvalue weighted by Crippen LogP contribution is -2.10. The fourth-order valence-corrected chi connectivity index (χ4v) is 2.06. The first-order chi connectivity index (χ1) is 9.47. The van der Waals surface area contributed by atoms with Crippen LogP contribution in [0.4, 0.5) is 0 Å². The van der Waals surface area contributed by atoms with E-state index in [1.807, 2.05) is 56.5 Å². The van der Waals surface area contributed by atoms with E-state index in [0.29, 0.717) is 6.54 Å². The summed E-state index contributed by atoms with van der Waals surface area (Å²) in [6.07, 6.45) is 1.38. The molecule has 0 saturated heterocycles. The van der Waals surface area contributed by atoms with Crippen molar-refractivity contribution in [2.45, 2.75) is 46.4 Å². The summed E-state index contributed by atoms with van der Waals surface area (Å²) in [5.41, 5.74) is 2.97. The average Bonchev–Trinajstić information content (AvgIpc) is 2.71. The van der Waals surface area contributed by atoms with E-state index >= 15 is 0 Å². The summed E-state index contributed by atoms with van der Waals surface area (Å²) in [4.78, 5) is 4.24. The zero-order chi connectivity index (χ0) is 14.7. The summed E-state index contributed by atoms with van der Waals surface area (Å²) < 4.78 is 7.56. The van der Waals surface area contributed by atoms with Crippen molar-refractivity contribution in [1.29, 1.82) is 0 Å². The summed E-state index contributed by atoms with van der Waals surface area (Å²) in [5.74, 6) is 0.825. The number of rotatable bonds is 5. The Morgan fingerprint density at radius 2 is 1.85 bits per heavy atom. The van der Waals surface area contributed by atoms with Crippen LogP contribution in [0, 0.1) is 13.8 Å². The molecule has 0 fully saturated rings. The van der Waals surface area contributed by atoms with Crippen molar-refractivity contribution in [2.24, 2.45) is 0 Å². The van der Waals surface area contributed by atoms with Crippen LogP contribution in [-0.2, 0) is 6.54 Å². The van der Waals surface area contributed by atoms with Crippen molar-refractivity contribution in [3.05, 3.63) is 47.5 Å². The summed E-state index contributed by atoms with van der Waals surface area (Å²) in [6.45, 7) is 8.47. The molecule has 2 aromatic rings. The molecule has 1 heterocycles. The van der Waals surface area contributed by atoms with Crippen LogP contribution in [0.5, 0.6) is 5.75 Å². The molecule has 0 aliphatic rings. The van der Waals surface area contributed by atoms with Crippen LogP contribution < -0.4 is 4.74 Å². The molecule has 1 aromatic carbocycles. The third-order valence-corrected chi connectivity index (χ3v) is 3.35. The molecule has 4 heteroatoms. The minimum Gasteiger partial charge on any atom is -0.491 e. The zero-order valence-electron chi connectivity index (χ0n) is 12.5. The summed E-state index contributed by atoms with van der Waals surface area (Å²) in [6, 6.07) is 7.60. The van der Waals surface area contributed by atoms with Crippen molar-refractivity contribution in [2.75, 3.05) is 0 Å². The number of nitrogens with zero attached hydrogens (tertiary/aromatic N) is 2. The highest BCUT2D eigenvalue weighted by atomic mass is 16.5. The molecular formula is C16H22N2O2. The highest BCUT2D eigenvalue weighted by Crippen LogP contribution is 2.20. The maximum Gasteiger partial charge on any atom is 0.119 e. The fraction of sp³-hybridized carbons (Fsp3) is 0.438. The van der Waals surface area contributed by atoms with Gasteiger partial charge in [-0.05, 0) is 45.4 Å². The van der Waals surface area contributed by atoms with Gasteiger partial charge in [0.1, 0.15) is 5.75 Å². The van der Waals surface area contributed by atoms with Gasteiger partial charge in [0.25, 0.3) is 0 Å². The number of imidazole rings is 1. The van der Waals surface area contributed by atoms with Crippen molar-refractivity contribution >= 4 is 0 Å². The molecular weight excluding hydrogens is 252 g/mol. The van der Waals surface area contributed by atoms with E-state index < -0.39 is 6.10 Å². The molecule has 0 amide bonds. The number of ether oxygens (including phenoxy) is 1. The number of benzene rings is 1. The molecule has 0 bridgehead atoms. The number of hydrogen-bond acceptors (Lipinski definition) is 3. The summed E-state index contributed by atoms with van der Waals surface area (Å²) in [7, 11) is 0. The lowest BCUT2D eigenvalue weighted by atomic mass is 10.1. The van der Waals surface area contributed by atoms with Gasteiger partial charge in [-0.25, -0.2) is 4.98 Å². The predicted molar refractivity (Wildman–Crippen MR) is 78.9 cm³/mol. The van der Waals surface area contributed by atoms with E-state index in [2.05, 4.69) is 4.98 Å².